The van der Waals surface area contributed by atoms with E-state index in [1.807, 2.05) is 0 Å². The highest BCUT2D eigenvalue weighted by molar-refractivity contribution is 5.37. The molecule has 0 radical (unpaired) electrons. The Morgan fingerprint density at radius 1 is 1.75 bits per heavy atom. The minimum atomic E-state index is 0.0208. The SMILES string of the molecule is O=COC1CCOC1. The zero-order valence-electron chi connectivity index (χ0n) is 4.50. The summed E-state index contributed by atoms with van der Waals surface area (Å²) in [6.45, 7) is 1.76. The molecule has 8 heavy (non-hydrogen) atoms. The Hall–Kier alpha value is -0.570. The van der Waals surface area contributed by atoms with Crippen molar-refractivity contribution >= 4 is 6.47 Å². The smallest absolute Gasteiger partial charge is 0.293 e. The van der Waals surface area contributed by atoms with Gasteiger partial charge in [-0.1, -0.05) is 0 Å². The van der Waals surface area contributed by atoms with Gasteiger partial charge in [0.2, 0.25) is 0 Å². The van der Waals surface area contributed by atoms with E-state index in [1.165, 1.54) is 0 Å². The fourth-order valence-corrected chi connectivity index (χ4v) is 0.699. The van der Waals surface area contributed by atoms with Crippen LogP contribution in [0.4, 0.5) is 0 Å². The fourth-order valence-electron chi connectivity index (χ4n) is 0.699. The van der Waals surface area contributed by atoms with E-state index >= 15 is 0 Å². The van der Waals surface area contributed by atoms with E-state index in [0.29, 0.717) is 13.1 Å². The number of rotatable bonds is 2. The van der Waals surface area contributed by atoms with Crippen LogP contribution in [-0.2, 0) is 14.3 Å². The predicted molar refractivity (Wildman–Crippen MR) is 26.4 cm³/mol. The van der Waals surface area contributed by atoms with Crippen LogP contribution >= 0.6 is 0 Å². The van der Waals surface area contributed by atoms with E-state index < -0.39 is 0 Å². The summed E-state index contributed by atoms with van der Waals surface area (Å²) < 4.78 is 9.52. The van der Waals surface area contributed by atoms with Gasteiger partial charge in [-0.2, -0.15) is 0 Å². The highest BCUT2D eigenvalue weighted by Gasteiger charge is 2.15. The molecule has 0 aromatic carbocycles. The number of ether oxygens (including phenoxy) is 2. The molecular weight excluding hydrogens is 108 g/mol. The largest absolute Gasteiger partial charge is 0.462 e. The molecule has 1 aliphatic heterocycles. The number of hydrogen-bond acceptors (Lipinski definition) is 3. The standard InChI is InChI=1S/C5H8O3/c6-4-8-5-1-2-7-3-5/h4-5H,1-3H2. The van der Waals surface area contributed by atoms with Gasteiger partial charge in [-0.05, 0) is 0 Å². The molecule has 46 valence electrons. The summed E-state index contributed by atoms with van der Waals surface area (Å²) in [7, 11) is 0. The van der Waals surface area contributed by atoms with E-state index in [2.05, 4.69) is 4.74 Å². The Kier molecular flexibility index (Phi) is 1.86. The van der Waals surface area contributed by atoms with Crippen molar-refractivity contribution in [1.82, 2.24) is 0 Å². The molecule has 3 nitrogen and oxygen atoms in total. The summed E-state index contributed by atoms with van der Waals surface area (Å²) in [6.07, 6.45) is 0.867. The Balaban J connectivity index is 2.14. The summed E-state index contributed by atoms with van der Waals surface area (Å²) in [4.78, 5) is 9.68. The van der Waals surface area contributed by atoms with Crippen LogP contribution in [0.1, 0.15) is 6.42 Å². The van der Waals surface area contributed by atoms with E-state index in [1.54, 1.807) is 0 Å². The van der Waals surface area contributed by atoms with Crippen molar-refractivity contribution < 1.29 is 14.3 Å². The average molecular weight is 116 g/mol. The lowest BCUT2D eigenvalue weighted by molar-refractivity contribution is -0.133. The molecule has 1 heterocycles. The molecule has 0 aromatic rings. The fraction of sp³-hybridized carbons (Fsp3) is 0.800. The molecule has 1 unspecified atom stereocenters. The highest BCUT2D eigenvalue weighted by atomic mass is 16.6. The third-order valence-electron chi connectivity index (χ3n) is 1.14. The van der Waals surface area contributed by atoms with E-state index in [9.17, 15) is 4.79 Å². The Labute approximate surface area is 47.6 Å². The molecule has 1 saturated heterocycles. The van der Waals surface area contributed by atoms with Gasteiger partial charge in [0.25, 0.3) is 6.47 Å². The van der Waals surface area contributed by atoms with Crippen molar-refractivity contribution in [2.75, 3.05) is 13.2 Å². The van der Waals surface area contributed by atoms with Gasteiger partial charge in [-0.15, -0.1) is 0 Å². The van der Waals surface area contributed by atoms with Gasteiger partial charge < -0.3 is 9.47 Å². The molecule has 0 N–H and O–H groups in total. The van der Waals surface area contributed by atoms with Crippen LogP contribution in [0.5, 0.6) is 0 Å². The molecule has 0 aliphatic carbocycles. The maximum atomic E-state index is 9.68. The zero-order chi connectivity index (χ0) is 5.82. The molecule has 0 amide bonds. The third kappa shape index (κ3) is 1.20. The van der Waals surface area contributed by atoms with Gasteiger partial charge in [-0.3, -0.25) is 4.79 Å². The van der Waals surface area contributed by atoms with Gasteiger partial charge in [0.1, 0.15) is 6.10 Å². The average Bonchev–Trinajstić information content (AvgIpc) is 2.19. The van der Waals surface area contributed by atoms with Crippen LogP contribution < -0.4 is 0 Å². The normalized spacial score (nSPS) is 27.8. The first kappa shape index (κ1) is 5.56. The third-order valence-corrected chi connectivity index (χ3v) is 1.14. The van der Waals surface area contributed by atoms with Crippen LogP contribution in [0.15, 0.2) is 0 Å². The first-order chi connectivity index (χ1) is 3.93. The molecular formula is C5H8O3. The summed E-state index contributed by atoms with van der Waals surface area (Å²) >= 11 is 0. The van der Waals surface area contributed by atoms with Crippen molar-refractivity contribution in [1.29, 1.82) is 0 Å². The molecule has 0 spiro atoms. The molecule has 1 rings (SSSR count). The summed E-state index contributed by atoms with van der Waals surface area (Å²) in [5, 5.41) is 0. The van der Waals surface area contributed by atoms with Crippen LogP contribution in [0, 0.1) is 0 Å². The van der Waals surface area contributed by atoms with E-state index in [4.69, 9.17) is 4.74 Å². The van der Waals surface area contributed by atoms with Gasteiger partial charge in [0.05, 0.1) is 13.2 Å². The molecule has 1 atom stereocenters. The second kappa shape index (κ2) is 2.67. The van der Waals surface area contributed by atoms with Crippen LogP contribution in [-0.4, -0.2) is 25.8 Å². The van der Waals surface area contributed by atoms with Crippen molar-refractivity contribution in [3.63, 3.8) is 0 Å². The van der Waals surface area contributed by atoms with Gasteiger partial charge >= 0.3 is 0 Å². The first-order valence-corrected chi connectivity index (χ1v) is 2.60. The maximum Gasteiger partial charge on any atom is 0.293 e. The molecule has 1 fully saturated rings. The van der Waals surface area contributed by atoms with E-state index in [0.717, 1.165) is 13.0 Å². The summed E-state index contributed by atoms with van der Waals surface area (Å²) in [6, 6.07) is 0. The number of hydrogen-bond donors (Lipinski definition) is 0. The van der Waals surface area contributed by atoms with Gasteiger partial charge in [0.15, 0.2) is 0 Å². The van der Waals surface area contributed by atoms with Crippen LogP contribution in [0.3, 0.4) is 0 Å². The lowest BCUT2D eigenvalue weighted by Gasteiger charge is -2.01. The van der Waals surface area contributed by atoms with Crippen LogP contribution in [0.25, 0.3) is 0 Å². The second-order valence-corrected chi connectivity index (χ2v) is 1.72. The molecule has 0 saturated carbocycles. The maximum absolute atomic E-state index is 9.68. The highest BCUT2D eigenvalue weighted by Crippen LogP contribution is 2.05. The lowest BCUT2D eigenvalue weighted by atomic mass is 10.3. The van der Waals surface area contributed by atoms with Crippen LogP contribution in [0.2, 0.25) is 0 Å². The molecule has 0 aromatic heterocycles. The van der Waals surface area contributed by atoms with E-state index in [-0.39, 0.29) is 6.10 Å². The van der Waals surface area contributed by atoms with Crippen molar-refractivity contribution in [2.24, 2.45) is 0 Å². The predicted octanol–water partition coefficient (Wildman–Crippen LogP) is -0.0517. The Morgan fingerprint density at radius 3 is 3.12 bits per heavy atom. The Morgan fingerprint density at radius 2 is 2.62 bits per heavy atom. The lowest BCUT2D eigenvalue weighted by Crippen LogP contribution is -2.10. The minimum absolute atomic E-state index is 0.0208. The minimum Gasteiger partial charge on any atom is -0.462 e. The molecule has 3 heteroatoms. The van der Waals surface area contributed by atoms with Gasteiger partial charge in [0, 0.05) is 6.42 Å². The molecule has 0 bridgehead atoms. The number of carbonyl (C=O) groups excluding carboxylic acids is 1. The topological polar surface area (TPSA) is 35.5 Å². The molecule has 1 aliphatic rings. The summed E-state index contributed by atoms with van der Waals surface area (Å²) in [5.41, 5.74) is 0. The van der Waals surface area contributed by atoms with Crippen molar-refractivity contribution in [3.05, 3.63) is 0 Å². The summed E-state index contributed by atoms with van der Waals surface area (Å²) in [5.74, 6) is 0. The quantitative estimate of drug-likeness (QED) is 0.474. The number of carbonyl (C=O) groups is 1. The zero-order valence-corrected chi connectivity index (χ0v) is 4.50. The monoisotopic (exact) mass is 116 g/mol. The van der Waals surface area contributed by atoms with Crippen molar-refractivity contribution in [3.8, 4) is 0 Å². The first-order valence-electron chi connectivity index (χ1n) is 2.60. The van der Waals surface area contributed by atoms with Gasteiger partial charge in [-0.25, -0.2) is 0 Å². The van der Waals surface area contributed by atoms with Crippen molar-refractivity contribution in [2.45, 2.75) is 12.5 Å². The Bertz CT molecular complexity index is 75.7. The second-order valence-electron chi connectivity index (χ2n) is 1.72.